The fraction of sp³-hybridized carbons (Fsp3) is 0.606. The first-order valence-corrected chi connectivity index (χ1v) is 18.0. The number of hydrogen-bond acceptors (Lipinski definition) is 8. The molecule has 0 unspecified atom stereocenters. The first kappa shape index (κ1) is 32.0. The Balaban J connectivity index is 1.38. The van der Waals surface area contributed by atoms with Crippen LogP contribution in [0.3, 0.4) is 0 Å². The highest BCUT2D eigenvalue weighted by atomic mass is 32.2. The second kappa shape index (κ2) is 13.0. The molecule has 0 aliphatic carbocycles. The number of nitrogens with one attached hydrogen (secondary N) is 1. The number of benzene rings is 1. The molecule has 45 heavy (non-hydrogen) atoms. The van der Waals surface area contributed by atoms with E-state index in [0.717, 1.165) is 19.4 Å². The summed E-state index contributed by atoms with van der Waals surface area (Å²) >= 11 is 0. The van der Waals surface area contributed by atoms with Crippen LogP contribution in [0.25, 0.3) is 11.0 Å². The van der Waals surface area contributed by atoms with Crippen molar-refractivity contribution in [2.24, 2.45) is 5.92 Å². The second-order valence-electron chi connectivity index (χ2n) is 13.0. The van der Waals surface area contributed by atoms with E-state index in [1.54, 1.807) is 23.6 Å². The molecule has 12 heteroatoms. The van der Waals surface area contributed by atoms with Crippen molar-refractivity contribution in [3.05, 3.63) is 63.2 Å². The molecule has 0 spiro atoms. The third-order valence-corrected chi connectivity index (χ3v) is 11.2. The molecular weight excluding hydrogens is 600 g/mol. The van der Waals surface area contributed by atoms with Crippen molar-refractivity contribution in [2.45, 2.75) is 76.8 Å². The summed E-state index contributed by atoms with van der Waals surface area (Å²) in [6, 6.07) is 8.05. The number of halogens is 2. The Morgan fingerprint density at radius 1 is 1.02 bits per heavy atom. The molecular formula is C33H43F2N5O4S. The zero-order valence-electron chi connectivity index (χ0n) is 26.1. The lowest BCUT2D eigenvalue weighted by molar-refractivity contribution is -0.0570. The number of aromatic nitrogens is 3. The Labute approximate surface area is 263 Å². The van der Waals surface area contributed by atoms with Crippen LogP contribution in [-0.4, -0.2) is 72.2 Å². The van der Waals surface area contributed by atoms with E-state index in [4.69, 9.17) is 9.72 Å². The SMILES string of the molecule is Cc1nc2c3cc(C4CCS(=O)(=O)CC4)c(=O)n(c3n1)CCCOCCCCN1CC(C1)CC(F)(F)c1cccc(c1)[C@@H](C)N2. The third kappa shape index (κ3) is 7.23. The normalized spacial score (nSPS) is 26.3. The molecule has 7 rings (SSSR count). The lowest BCUT2D eigenvalue weighted by Gasteiger charge is -2.41. The van der Waals surface area contributed by atoms with Crippen molar-refractivity contribution in [1.29, 1.82) is 0 Å². The van der Waals surface area contributed by atoms with Crippen molar-refractivity contribution in [2.75, 3.05) is 49.7 Å². The van der Waals surface area contributed by atoms with E-state index in [-0.39, 0.29) is 46.9 Å². The van der Waals surface area contributed by atoms with Crippen LogP contribution in [0.4, 0.5) is 14.6 Å². The number of fused-ring (bicyclic) bond motifs is 9. The molecule has 3 aromatic rings. The number of alkyl halides is 2. The fourth-order valence-corrected chi connectivity index (χ4v) is 8.44. The Morgan fingerprint density at radius 2 is 1.78 bits per heavy atom. The van der Waals surface area contributed by atoms with Crippen molar-refractivity contribution in [3.8, 4) is 0 Å². The van der Waals surface area contributed by atoms with Gasteiger partial charge in [0.15, 0.2) is 0 Å². The molecule has 0 saturated carbocycles. The molecule has 2 fully saturated rings. The number of ether oxygens (including phenoxy) is 1. The van der Waals surface area contributed by atoms with Gasteiger partial charge in [-0.15, -0.1) is 0 Å². The van der Waals surface area contributed by atoms with Gasteiger partial charge >= 0.3 is 0 Å². The number of anilines is 1. The summed E-state index contributed by atoms with van der Waals surface area (Å²) in [4.78, 5) is 25.6. The van der Waals surface area contributed by atoms with E-state index in [2.05, 4.69) is 15.2 Å². The van der Waals surface area contributed by atoms with E-state index in [1.807, 2.05) is 19.1 Å². The average Bonchev–Trinajstić information content (AvgIpc) is 2.97. The van der Waals surface area contributed by atoms with Gasteiger partial charge in [-0.2, -0.15) is 0 Å². The minimum Gasteiger partial charge on any atom is -0.381 e. The first-order valence-electron chi connectivity index (χ1n) is 16.2. The smallest absolute Gasteiger partial charge is 0.273 e. The third-order valence-electron chi connectivity index (χ3n) is 9.50. The van der Waals surface area contributed by atoms with Crippen molar-refractivity contribution in [1.82, 2.24) is 19.4 Å². The van der Waals surface area contributed by atoms with E-state index >= 15 is 8.78 Å². The molecule has 4 aliphatic heterocycles. The Hall–Kier alpha value is -2.96. The van der Waals surface area contributed by atoms with E-state index in [9.17, 15) is 13.2 Å². The highest BCUT2D eigenvalue weighted by molar-refractivity contribution is 7.91. The fourth-order valence-electron chi connectivity index (χ4n) is 6.94. The van der Waals surface area contributed by atoms with Crippen LogP contribution in [0.1, 0.15) is 79.9 Å². The lowest BCUT2D eigenvalue weighted by Crippen LogP contribution is -2.48. The number of rotatable bonds is 1. The van der Waals surface area contributed by atoms with Gasteiger partial charge in [-0.3, -0.25) is 9.36 Å². The Morgan fingerprint density at radius 3 is 2.56 bits per heavy atom. The number of hydrogen-bond donors (Lipinski definition) is 1. The minimum atomic E-state index is -3.11. The van der Waals surface area contributed by atoms with Crippen LogP contribution >= 0.6 is 0 Å². The predicted molar refractivity (Wildman–Crippen MR) is 171 cm³/mol. The summed E-state index contributed by atoms with van der Waals surface area (Å²) in [6.07, 6.45) is 3.05. The zero-order chi connectivity index (χ0) is 31.8. The van der Waals surface area contributed by atoms with Gasteiger partial charge < -0.3 is 15.0 Å². The van der Waals surface area contributed by atoms with E-state index < -0.39 is 15.8 Å². The zero-order valence-corrected chi connectivity index (χ0v) is 26.9. The highest BCUT2D eigenvalue weighted by Crippen LogP contribution is 2.39. The van der Waals surface area contributed by atoms with Crippen molar-refractivity contribution < 1.29 is 21.9 Å². The highest BCUT2D eigenvalue weighted by Gasteiger charge is 2.39. The maximum Gasteiger partial charge on any atom is 0.273 e. The summed E-state index contributed by atoms with van der Waals surface area (Å²) in [5.74, 6) is -2.08. The standard InChI is InChI=1S/C33H43F2N5O4S/c1-22-26-7-5-8-27(17-26)33(34,35)19-24-20-39(21-24)11-3-4-13-44-14-6-12-40-31-29(30(36-22)37-23(2)38-31)18-28(32(40)41)25-9-15-45(42,43)16-10-25/h5,7-8,17-18,22,24-25H,3-4,6,9-16,19-21H2,1-2H3,(H,36,37,38)/t22-/m1/s1. The van der Waals surface area contributed by atoms with Gasteiger partial charge in [0.25, 0.3) is 11.5 Å². The maximum atomic E-state index is 15.5. The molecule has 4 aliphatic rings. The summed E-state index contributed by atoms with van der Waals surface area (Å²) in [5.41, 5.74) is 1.60. The topological polar surface area (TPSA) is 106 Å². The van der Waals surface area contributed by atoms with Crippen molar-refractivity contribution >= 4 is 26.7 Å². The molecule has 1 N–H and O–H groups in total. The Bertz CT molecular complexity index is 1690. The van der Waals surface area contributed by atoms with Crippen LogP contribution in [-0.2, 0) is 27.0 Å². The molecule has 6 heterocycles. The summed E-state index contributed by atoms with van der Waals surface area (Å²) < 4.78 is 62.9. The van der Waals surface area contributed by atoms with Gasteiger partial charge in [-0.25, -0.2) is 27.2 Å². The first-order chi connectivity index (χ1) is 21.5. The van der Waals surface area contributed by atoms with Crippen LogP contribution < -0.4 is 10.9 Å². The van der Waals surface area contributed by atoms with Crippen LogP contribution in [0, 0.1) is 12.8 Å². The van der Waals surface area contributed by atoms with Gasteiger partial charge in [0.05, 0.1) is 16.9 Å². The average molecular weight is 644 g/mol. The number of nitrogens with zero attached hydrogens (tertiary/aromatic N) is 4. The van der Waals surface area contributed by atoms with Gasteiger partial charge in [0.2, 0.25) is 0 Å². The molecule has 2 aromatic heterocycles. The van der Waals surface area contributed by atoms with Crippen LogP contribution in [0.15, 0.2) is 35.1 Å². The van der Waals surface area contributed by atoms with Gasteiger partial charge in [-0.05, 0) is 82.0 Å². The van der Waals surface area contributed by atoms with Gasteiger partial charge in [0.1, 0.15) is 27.1 Å². The van der Waals surface area contributed by atoms with E-state index in [0.29, 0.717) is 85.9 Å². The van der Waals surface area contributed by atoms with E-state index in [1.165, 1.54) is 6.07 Å². The maximum absolute atomic E-state index is 15.5. The lowest BCUT2D eigenvalue weighted by atomic mass is 9.89. The number of aryl methyl sites for hydroxylation is 2. The molecule has 9 nitrogen and oxygen atoms in total. The van der Waals surface area contributed by atoms with Crippen LogP contribution in [0.5, 0.6) is 0 Å². The number of sulfone groups is 1. The molecule has 2 saturated heterocycles. The van der Waals surface area contributed by atoms with Crippen molar-refractivity contribution in [3.63, 3.8) is 0 Å². The monoisotopic (exact) mass is 643 g/mol. The second-order valence-corrected chi connectivity index (χ2v) is 15.3. The summed E-state index contributed by atoms with van der Waals surface area (Å²) in [6.45, 7) is 7.43. The predicted octanol–water partition coefficient (Wildman–Crippen LogP) is 5.18. The molecule has 0 radical (unpaired) electrons. The largest absolute Gasteiger partial charge is 0.381 e. The summed E-state index contributed by atoms with van der Waals surface area (Å²) in [7, 11) is -3.11. The van der Waals surface area contributed by atoms with Gasteiger partial charge in [0, 0.05) is 56.4 Å². The quantitative estimate of drug-likeness (QED) is 0.387. The van der Waals surface area contributed by atoms with Gasteiger partial charge in [-0.1, -0.05) is 18.2 Å². The molecule has 244 valence electrons. The summed E-state index contributed by atoms with van der Waals surface area (Å²) in [5, 5.41) is 4.08. The molecule has 1 aromatic carbocycles. The number of pyridine rings is 1. The Kier molecular flexibility index (Phi) is 9.27. The molecule has 1 atom stereocenters. The molecule has 8 bridgehead atoms. The van der Waals surface area contributed by atoms with Crippen LogP contribution in [0.2, 0.25) is 0 Å². The minimum absolute atomic E-state index is 0.0125. The molecule has 0 amide bonds.